The van der Waals surface area contributed by atoms with Gasteiger partial charge in [-0.1, -0.05) is 18.2 Å². The number of benzene rings is 2. The number of nitrogens with zero attached hydrogens (tertiary/aromatic N) is 2. The Kier molecular flexibility index (Phi) is 4.44. The summed E-state index contributed by atoms with van der Waals surface area (Å²) in [5.41, 5.74) is 11.1. The molecule has 4 rings (SSSR count). The van der Waals surface area contributed by atoms with Gasteiger partial charge in [-0.25, -0.2) is 4.99 Å². The lowest BCUT2D eigenvalue weighted by molar-refractivity contribution is 0.308. The Morgan fingerprint density at radius 1 is 1.19 bits per heavy atom. The number of ether oxygens (including phenoxy) is 1. The van der Waals surface area contributed by atoms with E-state index in [9.17, 15) is 0 Å². The van der Waals surface area contributed by atoms with Crippen LogP contribution in [-0.2, 0) is 11.2 Å². The maximum Gasteiger partial charge on any atom is 0.282 e. The van der Waals surface area contributed by atoms with Crippen molar-refractivity contribution in [3.8, 4) is 0 Å². The molecule has 3 aromatic rings. The van der Waals surface area contributed by atoms with Gasteiger partial charge in [-0.2, -0.15) is 0 Å². The van der Waals surface area contributed by atoms with Gasteiger partial charge in [0.1, 0.15) is 6.61 Å². The van der Waals surface area contributed by atoms with Crippen molar-refractivity contribution in [2.24, 2.45) is 10.7 Å². The van der Waals surface area contributed by atoms with Gasteiger partial charge in [-0.15, -0.1) is 0 Å². The van der Waals surface area contributed by atoms with E-state index in [-0.39, 0.29) is 6.04 Å². The van der Waals surface area contributed by atoms with Crippen molar-refractivity contribution in [1.29, 1.82) is 0 Å². The van der Waals surface area contributed by atoms with Crippen LogP contribution in [0.25, 0.3) is 10.9 Å². The molecular weight excluding hydrogens is 324 g/mol. The van der Waals surface area contributed by atoms with Gasteiger partial charge in [0.25, 0.3) is 6.02 Å². The van der Waals surface area contributed by atoms with Crippen LogP contribution in [0, 0.1) is 6.92 Å². The average Bonchev–Trinajstić information content (AvgIpc) is 3.06. The number of anilines is 2. The van der Waals surface area contributed by atoms with E-state index in [1.807, 2.05) is 12.3 Å². The fourth-order valence-electron chi connectivity index (χ4n) is 3.26. The molecule has 3 N–H and O–H groups in total. The van der Waals surface area contributed by atoms with Crippen molar-refractivity contribution < 1.29 is 4.74 Å². The lowest BCUT2D eigenvalue weighted by Crippen LogP contribution is -2.10. The summed E-state index contributed by atoms with van der Waals surface area (Å²) in [6.45, 7) is 2.70. The number of hydrogen-bond donors (Lipinski definition) is 2. The molecular formula is C21H22N4O. The summed E-state index contributed by atoms with van der Waals surface area (Å²) in [5, 5.41) is 4.64. The van der Waals surface area contributed by atoms with E-state index < -0.39 is 0 Å². The van der Waals surface area contributed by atoms with Crippen LogP contribution in [0.4, 0.5) is 11.4 Å². The standard InChI is InChI=1S/C21H22N4O/c1-14-11-16-3-2-10-23-20(16)19(12-14)24-17-7-4-15(5-8-17)6-9-18-13-26-21(22)25-18/h2-5,7-8,10-12,18,24H,6,9,13H2,1H3,(H2,22,25)/t18-/m0/s1. The highest BCUT2D eigenvalue weighted by Gasteiger charge is 2.16. The molecule has 0 saturated carbocycles. The van der Waals surface area contributed by atoms with Crippen LogP contribution in [0.2, 0.25) is 0 Å². The first-order chi connectivity index (χ1) is 12.7. The van der Waals surface area contributed by atoms with Crippen LogP contribution in [0.3, 0.4) is 0 Å². The molecule has 0 spiro atoms. The van der Waals surface area contributed by atoms with Gasteiger partial charge in [-0.3, -0.25) is 4.98 Å². The molecule has 2 aromatic carbocycles. The van der Waals surface area contributed by atoms with Crippen LogP contribution < -0.4 is 11.1 Å². The SMILES string of the molecule is Cc1cc(Nc2ccc(CC[C@H]3COC(N)=N3)cc2)c2ncccc2c1. The first-order valence-corrected chi connectivity index (χ1v) is 8.85. The maximum atomic E-state index is 5.55. The third kappa shape index (κ3) is 3.61. The van der Waals surface area contributed by atoms with E-state index in [1.54, 1.807) is 0 Å². The molecule has 1 aromatic heterocycles. The van der Waals surface area contributed by atoms with Gasteiger partial charge in [0.15, 0.2) is 0 Å². The molecule has 0 amide bonds. The third-order valence-corrected chi connectivity index (χ3v) is 4.58. The fraction of sp³-hybridized carbons (Fsp3) is 0.238. The Bertz CT molecular complexity index is 950. The van der Waals surface area contributed by atoms with Gasteiger partial charge < -0.3 is 15.8 Å². The second-order valence-corrected chi connectivity index (χ2v) is 6.68. The summed E-state index contributed by atoms with van der Waals surface area (Å²) in [5.74, 6) is 0. The van der Waals surface area contributed by atoms with E-state index in [0.29, 0.717) is 12.6 Å². The highest BCUT2D eigenvalue weighted by Crippen LogP contribution is 2.26. The zero-order valence-corrected chi connectivity index (χ0v) is 14.8. The summed E-state index contributed by atoms with van der Waals surface area (Å²) < 4.78 is 5.20. The number of aliphatic imine (C=N–C) groups is 1. The molecule has 5 nitrogen and oxygen atoms in total. The Balaban J connectivity index is 1.46. The molecule has 1 aliphatic rings. The van der Waals surface area contributed by atoms with Crippen molar-refractivity contribution in [3.63, 3.8) is 0 Å². The van der Waals surface area contributed by atoms with Crippen molar-refractivity contribution in [2.75, 3.05) is 11.9 Å². The summed E-state index contributed by atoms with van der Waals surface area (Å²) in [4.78, 5) is 8.79. The molecule has 1 aliphatic heterocycles. The smallest absolute Gasteiger partial charge is 0.282 e. The maximum absolute atomic E-state index is 5.55. The Morgan fingerprint density at radius 2 is 2.04 bits per heavy atom. The Hall–Kier alpha value is -3.08. The zero-order valence-electron chi connectivity index (χ0n) is 14.8. The summed E-state index contributed by atoms with van der Waals surface area (Å²) in [7, 11) is 0. The number of aromatic nitrogens is 1. The number of nitrogens with one attached hydrogen (secondary N) is 1. The minimum Gasteiger partial charge on any atom is -0.463 e. The number of pyridine rings is 1. The van der Waals surface area contributed by atoms with Gasteiger partial charge in [-0.05, 0) is 61.2 Å². The van der Waals surface area contributed by atoms with E-state index in [0.717, 1.165) is 35.1 Å². The van der Waals surface area contributed by atoms with Crippen molar-refractivity contribution in [1.82, 2.24) is 4.98 Å². The quantitative estimate of drug-likeness (QED) is 0.734. The van der Waals surface area contributed by atoms with Crippen molar-refractivity contribution in [3.05, 3.63) is 65.9 Å². The number of nitrogens with two attached hydrogens (primary N) is 1. The lowest BCUT2D eigenvalue weighted by Gasteiger charge is -2.11. The molecule has 5 heteroatoms. The molecule has 0 unspecified atom stereocenters. The summed E-state index contributed by atoms with van der Waals surface area (Å²) in [6.07, 6.45) is 3.73. The first kappa shape index (κ1) is 16.4. The van der Waals surface area contributed by atoms with Crippen LogP contribution >= 0.6 is 0 Å². The largest absolute Gasteiger partial charge is 0.463 e. The Morgan fingerprint density at radius 3 is 2.81 bits per heavy atom. The monoisotopic (exact) mass is 346 g/mol. The molecule has 26 heavy (non-hydrogen) atoms. The molecule has 0 bridgehead atoms. The van der Waals surface area contributed by atoms with E-state index in [2.05, 4.69) is 64.7 Å². The van der Waals surface area contributed by atoms with Crippen LogP contribution in [0.15, 0.2) is 59.7 Å². The average molecular weight is 346 g/mol. The van der Waals surface area contributed by atoms with Crippen molar-refractivity contribution in [2.45, 2.75) is 25.8 Å². The fourth-order valence-corrected chi connectivity index (χ4v) is 3.26. The second kappa shape index (κ2) is 7.04. The van der Waals surface area contributed by atoms with Crippen molar-refractivity contribution >= 4 is 28.3 Å². The zero-order chi connectivity index (χ0) is 17.9. The number of rotatable bonds is 5. The van der Waals surface area contributed by atoms with Gasteiger partial charge >= 0.3 is 0 Å². The summed E-state index contributed by atoms with van der Waals surface area (Å²) in [6, 6.07) is 17.3. The molecule has 132 valence electrons. The van der Waals surface area contributed by atoms with E-state index in [1.165, 1.54) is 11.1 Å². The number of aryl methyl sites for hydroxylation is 2. The lowest BCUT2D eigenvalue weighted by atomic mass is 10.1. The number of amidine groups is 1. The number of fused-ring (bicyclic) bond motifs is 1. The van der Waals surface area contributed by atoms with Gasteiger partial charge in [0, 0.05) is 17.3 Å². The topological polar surface area (TPSA) is 72.5 Å². The molecule has 0 radical (unpaired) electrons. The molecule has 1 atom stereocenters. The third-order valence-electron chi connectivity index (χ3n) is 4.58. The van der Waals surface area contributed by atoms with E-state index >= 15 is 0 Å². The van der Waals surface area contributed by atoms with Gasteiger partial charge in [0.05, 0.1) is 17.2 Å². The predicted molar refractivity (Wildman–Crippen MR) is 106 cm³/mol. The normalized spacial score (nSPS) is 16.3. The summed E-state index contributed by atoms with van der Waals surface area (Å²) >= 11 is 0. The van der Waals surface area contributed by atoms with Crippen LogP contribution in [0.5, 0.6) is 0 Å². The molecule has 0 fully saturated rings. The highest BCUT2D eigenvalue weighted by atomic mass is 16.5. The predicted octanol–water partition coefficient (Wildman–Crippen LogP) is 3.93. The first-order valence-electron chi connectivity index (χ1n) is 8.85. The van der Waals surface area contributed by atoms with Crippen LogP contribution in [-0.4, -0.2) is 23.7 Å². The molecule has 0 aliphatic carbocycles. The minimum absolute atomic E-state index is 0.178. The minimum atomic E-state index is 0.178. The highest BCUT2D eigenvalue weighted by molar-refractivity contribution is 5.92. The van der Waals surface area contributed by atoms with Crippen LogP contribution in [0.1, 0.15) is 17.5 Å². The van der Waals surface area contributed by atoms with Gasteiger partial charge in [0.2, 0.25) is 0 Å². The number of hydrogen-bond acceptors (Lipinski definition) is 5. The second-order valence-electron chi connectivity index (χ2n) is 6.68. The Labute approximate surface area is 152 Å². The molecule has 2 heterocycles. The van der Waals surface area contributed by atoms with E-state index in [4.69, 9.17) is 10.5 Å². The molecule has 0 saturated heterocycles.